The topological polar surface area (TPSA) is 26.3 Å². The highest BCUT2D eigenvalue weighted by atomic mass is 19.2. The number of hydrogen-bond acceptors (Lipinski definition) is 2. The summed E-state index contributed by atoms with van der Waals surface area (Å²) in [6.07, 6.45) is 20.6. The van der Waals surface area contributed by atoms with E-state index in [9.17, 15) is 13.6 Å². The van der Waals surface area contributed by atoms with Crippen LogP contribution < -0.4 is 0 Å². The fraction of sp³-hybridized carbons (Fsp3) is 0.679. The van der Waals surface area contributed by atoms with Gasteiger partial charge in [-0.3, -0.25) is 0 Å². The van der Waals surface area contributed by atoms with Crippen molar-refractivity contribution < 1.29 is 18.3 Å². The average Bonchev–Trinajstić information content (AvgIpc) is 2.81. The van der Waals surface area contributed by atoms with E-state index in [0.29, 0.717) is 12.2 Å². The van der Waals surface area contributed by atoms with Gasteiger partial charge in [-0.2, -0.15) is 0 Å². The number of halogens is 2. The molecule has 2 rings (SSSR count). The largest absolute Gasteiger partial charge is 0.463 e. The molecule has 1 fully saturated rings. The highest BCUT2D eigenvalue weighted by molar-refractivity contribution is 5.81. The number of carbonyl (C=O) groups excluding carboxylic acids is 1. The van der Waals surface area contributed by atoms with Crippen LogP contribution in [0.25, 0.3) is 0 Å². The molecule has 0 bridgehead atoms. The van der Waals surface area contributed by atoms with Gasteiger partial charge in [0, 0.05) is 6.08 Å². The molecule has 180 valence electrons. The summed E-state index contributed by atoms with van der Waals surface area (Å²) < 4.78 is 32.4. The van der Waals surface area contributed by atoms with Gasteiger partial charge in [-0.25, -0.2) is 13.6 Å². The van der Waals surface area contributed by atoms with Gasteiger partial charge in [-0.15, -0.1) is 0 Å². The maximum Gasteiger partial charge on any atom is 0.330 e. The molecule has 0 aliphatic heterocycles. The minimum absolute atomic E-state index is 0.191. The molecule has 1 saturated carbocycles. The monoisotopic (exact) mass is 448 g/mol. The molecular weight excluding hydrogens is 406 g/mol. The van der Waals surface area contributed by atoms with Gasteiger partial charge in [0.15, 0.2) is 11.6 Å². The predicted molar refractivity (Wildman–Crippen MR) is 128 cm³/mol. The first kappa shape index (κ1) is 26.5. The third kappa shape index (κ3) is 10.3. The standard InChI is InChI=1S/C28H42F2O2/c1-2-27(31)32-22-13-11-9-7-5-3-4-6-8-10-12-15-23-18-20-24(21-19-23)25-16-14-17-26(29)28(25)30/h2,14,16-17,23-24H,1,3-13,15,18-22H2. The highest BCUT2D eigenvalue weighted by Crippen LogP contribution is 2.38. The fourth-order valence-corrected chi connectivity index (χ4v) is 4.96. The van der Waals surface area contributed by atoms with Gasteiger partial charge in [-0.05, 0) is 55.6 Å². The second kappa shape index (κ2) is 16.0. The molecule has 0 atom stereocenters. The first-order chi connectivity index (χ1) is 15.6. The number of benzene rings is 1. The Balaban J connectivity index is 1.37. The van der Waals surface area contributed by atoms with Crippen molar-refractivity contribution in [2.75, 3.05) is 6.61 Å². The lowest BCUT2D eigenvalue weighted by molar-refractivity contribution is -0.137. The SMILES string of the molecule is C=CC(=O)OCCCCCCCCCCCCCC1CCC(c2cccc(F)c2F)CC1. The number of unbranched alkanes of at least 4 members (excludes halogenated alkanes) is 10. The molecule has 1 aliphatic carbocycles. The zero-order valence-electron chi connectivity index (χ0n) is 19.8. The van der Waals surface area contributed by atoms with Crippen LogP contribution in [0.1, 0.15) is 114 Å². The molecule has 32 heavy (non-hydrogen) atoms. The number of esters is 1. The third-order valence-corrected chi connectivity index (χ3v) is 6.94. The summed E-state index contributed by atoms with van der Waals surface area (Å²) in [5, 5.41) is 0. The molecular formula is C28H42F2O2. The quantitative estimate of drug-likeness (QED) is 0.144. The normalized spacial score (nSPS) is 18.4. The van der Waals surface area contributed by atoms with Crippen LogP contribution in [0.3, 0.4) is 0 Å². The average molecular weight is 449 g/mol. The Hall–Kier alpha value is -1.71. The number of carbonyl (C=O) groups is 1. The van der Waals surface area contributed by atoms with Gasteiger partial charge in [0.25, 0.3) is 0 Å². The Morgan fingerprint density at radius 3 is 2.03 bits per heavy atom. The molecule has 0 saturated heterocycles. The van der Waals surface area contributed by atoms with E-state index in [2.05, 4.69) is 6.58 Å². The lowest BCUT2D eigenvalue weighted by Gasteiger charge is -2.29. The molecule has 0 heterocycles. The molecule has 0 amide bonds. The van der Waals surface area contributed by atoms with Crippen molar-refractivity contribution in [3.63, 3.8) is 0 Å². The highest BCUT2D eigenvalue weighted by Gasteiger charge is 2.25. The van der Waals surface area contributed by atoms with Gasteiger partial charge in [0.05, 0.1) is 6.61 Å². The van der Waals surface area contributed by atoms with E-state index < -0.39 is 11.6 Å². The fourth-order valence-electron chi connectivity index (χ4n) is 4.96. The summed E-state index contributed by atoms with van der Waals surface area (Å²) in [6, 6.07) is 4.60. The van der Waals surface area contributed by atoms with Crippen molar-refractivity contribution in [3.8, 4) is 0 Å². The Morgan fingerprint density at radius 2 is 1.44 bits per heavy atom. The van der Waals surface area contributed by atoms with Gasteiger partial charge >= 0.3 is 5.97 Å². The molecule has 4 heteroatoms. The van der Waals surface area contributed by atoms with Crippen molar-refractivity contribution >= 4 is 5.97 Å². The first-order valence-electron chi connectivity index (χ1n) is 12.8. The van der Waals surface area contributed by atoms with Gasteiger partial charge in [0.2, 0.25) is 0 Å². The van der Waals surface area contributed by atoms with E-state index in [-0.39, 0.29) is 11.9 Å². The Bertz CT molecular complexity index is 665. The molecule has 1 aliphatic rings. The predicted octanol–water partition coefficient (Wildman–Crippen LogP) is 8.65. The summed E-state index contributed by atoms with van der Waals surface area (Å²) in [5.74, 6) is -0.717. The molecule has 1 aromatic carbocycles. The summed E-state index contributed by atoms with van der Waals surface area (Å²) in [7, 11) is 0. The van der Waals surface area contributed by atoms with Crippen LogP contribution in [-0.4, -0.2) is 12.6 Å². The van der Waals surface area contributed by atoms with Crippen molar-refractivity contribution in [2.24, 2.45) is 5.92 Å². The second-order valence-electron chi connectivity index (χ2n) is 9.41. The third-order valence-electron chi connectivity index (χ3n) is 6.94. The van der Waals surface area contributed by atoms with Gasteiger partial charge in [-0.1, -0.05) is 89.3 Å². The van der Waals surface area contributed by atoms with E-state index in [1.807, 2.05) is 0 Å². The zero-order chi connectivity index (χ0) is 23.0. The first-order valence-corrected chi connectivity index (χ1v) is 12.8. The van der Waals surface area contributed by atoms with Gasteiger partial charge < -0.3 is 4.74 Å². The lowest BCUT2D eigenvalue weighted by Crippen LogP contribution is -2.14. The number of hydrogen-bond donors (Lipinski definition) is 0. The number of ether oxygens (including phenoxy) is 1. The molecule has 0 N–H and O–H groups in total. The van der Waals surface area contributed by atoms with Crippen molar-refractivity contribution in [1.29, 1.82) is 0 Å². The minimum atomic E-state index is -0.714. The van der Waals surface area contributed by atoms with E-state index >= 15 is 0 Å². The van der Waals surface area contributed by atoms with Crippen LogP contribution >= 0.6 is 0 Å². The molecule has 0 aromatic heterocycles. The summed E-state index contributed by atoms with van der Waals surface area (Å²) in [4.78, 5) is 10.9. The molecule has 2 nitrogen and oxygen atoms in total. The van der Waals surface area contributed by atoms with Gasteiger partial charge in [0.1, 0.15) is 0 Å². The maximum absolute atomic E-state index is 14.0. The van der Waals surface area contributed by atoms with Crippen LogP contribution in [0.2, 0.25) is 0 Å². The van der Waals surface area contributed by atoms with Crippen LogP contribution in [0.15, 0.2) is 30.9 Å². The second-order valence-corrected chi connectivity index (χ2v) is 9.41. The van der Waals surface area contributed by atoms with Crippen molar-refractivity contribution in [2.45, 2.75) is 109 Å². The summed E-state index contributed by atoms with van der Waals surface area (Å²) in [6.45, 7) is 3.90. The molecule has 0 unspecified atom stereocenters. The maximum atomic E-state index is 14.0. The van der Waals surface area contributed by atoms with E-state index in [0.717, 1.165) is 44.4 Å². The van der Waals surface area contributed by atoms with E-state index in [1.54, 1.807) is 12.1 Å². The molecule has 0 spiro atoms. The molecule has 1 aromatic rings. The van der Waals surface area contributed by atoms with Crippen LogP contribution in [0, 0.1) is 17.6 Å². The van der Waals surface area contributed by atoms with Crippen molar-refractivity contribution in [1.82, 2.24) is 0 Å². The Labute approximate surface area is 193 Å². The van der Waals surface area contributed by atoms with Crippen LogP contribution in [0.4, 0.5) is 8.78 Å². The van der Waals surface area contributed by atoms with E-state index in [1.165, 1.54) is 76.4 Å². The molecule has 0 radical (unpaired) electrons. The van der Waals surface area contributed by atoms with Crippen LogP contribution in [0.5, 0.6) is 0 Å². The van der Waals surface area contributed by atoms with Crippen molar-refractivity contribution in [3.05, 3.63) is 48.1 Å². The Kier molecular flexibility index (Phi) is 13.3. The zero-order valence-corrected chi connectivity index (χ0v) is 19.8. The number of rotatable bonds is 16. The summed E-state index contributed by atoms with van der Waals surface area (Å²) >= 11 is 0. The minimum Gasteiger partial charge on any atom is -0.463 e. The lowest BCUT2D eigenvalue weighted by atomic mass is 9.77. The van der Waals surface area contributed by atoms with E-state index in [4.69, 9.17) is 4.74 Å². The smallest absolute Gasteiger partial charge is 0.330 e. The summed E-state index contributed by atoms with van der Waals surface area (Å²) in [5.41, 5.74) is 0.581. The van der Waals surface area contributed by atoms with Crippen LogP contribution in [-0.2, 0) is 9.53 Å². The Morgan fingerprint density at radius 1 is 0.875 bits per heavy atom.